The summed E-state index contributed by atoms with van der Waals surface area (Å²) in [4.78, 5) is 4.57. The lowest BCUT2D eigenvalue weighted by molar-refractivity contribution is 0.456. The van der Waals surface area contributed by atoms with Gasteiger partial charge in [0.25, 0.3) is 0 Å². The Morgan fingerprint density at radius 2 is 2.17 bits per heavy atom. The van der Waals surface area contributed by atoms with E-state index in [2.05, 4.69) is 16.8 Å². The molecule has 1 heterocycles. The van der Waals surface area contributed by atoms with Crippen LogP contribution in [-0.2, 0) is 0 Å². The first-order valence-electron chi connectivity index (χ1n) is 4.80. The molecule has 68 valence electrons. The van der Waals surface area contributed by atoms with Crippen LogP contribution >= 0.6 is 11.8 Å². The Morgan fingerprint density at radius 3 is 3.08 bits per heavy atom. The Balaban J connectivity index is 2.08. The molecule has 0 radical (unpaired) electrons. The van der Waals surface area contributed by atoms with Crippen molar-refractivity contribution in [1.82, 2.24) is 0 Å². The number of rotatable bonds is 0. The summed E-state index contributed by atoms with van der Waals surface area (Å²) in [6.07, 6.45) is 6.35. The van der Waals surface area contributed by atoms with Gasteiger partial charge in [-0.3, -0.25) is 4.99 Å². The maximum absolute atomic E-state index is 5.78. The van der Waals surface area contributed by atoms with E-state index in [1.807, 2.05) is 0 Å². The van der Waals surface area contributed by atoms with E-state index in [1.165, 1.54) is 31.4 Å². The van der Waals surface area contributed by atoms with Crippen molar-refractivity contribution in [3.63, 3.8) is 0 Å². The molecular weight excluding hydrogens is 168 g/mol. The standard InChI is InChI=1S/C9H16N2S/c10-9-5-6-12-8-4-2-1-3-7(8)11-9/h7-8H,1-6H2,(H2,10,11)/t7-,8-/m0/s1. The highest BCUT2D eigenvalue weighted by molar-refractivity contribution is 8.00. The highest BCUT2D eigenvalue weighted by atomic mass is 32.2. The summed E-state index contributed by atoms with van der Waals surface area (Å²) in [6, 6.07) is 0.547. The van der Waals surface area contributed by atoms with Crippen molar-refractivity contribution < 1.29 is 0 Å². The van der Waals surface area contributed by atoms with Gasteiger partial charge in [-0.05, 0) is 12.8 Å². The monoisotopic (exact) mass is 184 g/mol. The molecule has 0 spiro atoms. The maximum Gasteiger partial charge on any atom is 0.0949 e. The van der Waals surface area contributed by atoms with Gasteiger partial charge in [-0.25, -0.2) is 0 Å². The van der Waals surface area contributed by atoms with Crippen molar-refractivity contribution >= 4 is 17.6 Å². The molecule has 2 N–H and O–H groups in total. The molecule has 1 aliphatic carbocycles. The third-order valence-electron chi connectivity index (χ3n) is 2.69. The Labute approximate surface area is 78.0 Å². The van der Waals surface area contributed by atoms with E-state index < -0.39 is 0 Å². The zero-order valence-corrected chi connectivity index (χ0v) is 8.15. The average Bonchev–Trinajstić information content (AvgIpc) is 2.25. The summed E-state index contributed by atoms with van der Waals surface area (Å²) >= 11 is 2.08. The van der Waals surface area contributed by atoms with E-state index in [1.54, 1.807) is 0 Å². The van der Waals surface area contributed by atoms with E-state index in [0.717, 1.165) is 17.5 Å². The number of nitrogens with two attached hydrogens (primary N) is 1. The van der Waals surface area contributed by atoms with Crippen LogP contribution in [0.1, 0.15) is 32.1 Å². The first-order valence-corrected chi connectivity index (χ1v) is 5.85. The zero-order valence-electron chi connectivity index (χ0n) is 7.33. The van der Waals surface area contributed by atoms with Gasteiger partial charge in [0.2, 0.25) is 0 Å². The number of nitrogens with zero attached hydrogens (tertiary/aromatic N) is 1. The number of hydrogen-bond donors (Lipinski definition) is 1. The SMILES string of the molecule is NC1=N[C@H]2CCCC[C@@H]2SCC1. The molecule has 2 atom stereocenters. The summed E-state index contributed by atoms with van der Waals surface area (Å²) in [5.41, 5.74) is 5.78. The molecule has 2 aliphatic rings. The Bertz CT molecular complexity index is 191. The minimum Gasteiger partial charge on any atom is -0.387 e. The summed E-state index contributed by atoms with van der Waals surface area (Å²) in [7, 11) is 0. The molecule has 2 nitrogen and oxygen atoms in total. The molecule has 1 aliphatic heterocycles. The van der Waals surface area contributed by atoms with E-state index in [4.69, 9.17) is 5.73 Å². The first-order chi connectivity index (χ1) is 5.86. The Kier molecular flexibility index (Phi) is 2.59. The smallest absolute Gasteiger partial charge is 0.0949 e. The lowest BCUT2D eigenvalue weighted by atomic mass is 9.95. The van der Waals surface area contributed by atoms with E-state index in [9.17, 15) is 0 Å². The van der Waals surface area contributed by atoms with Gasteiger partial charge in [-0.2, -0.15) is 11.8 Å². The molecule has 0 amide bonds. The van der Waals surface area contributed by atoms with Gasteiger partial charge < -0.3 is 5.73 Å². The van der Waals surface area contributed by atoms with Gasteiger partial charge in [0.15, 0.2) is 0 Å². The molecule has 2 rings (SSSR count). The van der Waals surface area contributed by atoms with Gasteiger partial charge in [-0.1, -0.05) is 12.8 Å². The average molecular weight is 184 g/mol. The number of fused-ring (bicyclic) bond motifs is 1. The lowest BCUT2D eigenvalue weighted by Gasteiger charge is -2.26. The molecule has 1 saturated carbocycles. The fourth-order valence-electron chi connectivity index (χ4n) is 2.01. The fraction of sp³-hybridized carbons (Fsp3) is 0.889. The van der Waals surface area contributed by atoms with E-state index >= 15 is 0 Å². The topological polar surface area (TPSA) is 38.4 Å². The van der Waals surface area contributed by atoms with Crippen molar-refractivity contribution in [2.24, 2.45) is 10.7 Å². The van der Waals surface area contributed by atoms with Crippen molar-refractivity contribution in [2.75, 3.05) is 5.75 Å². The normalized spacial score (nSPS) is 36.5. The molecule has 1 fully saturated rings. The second kappa shape index (κ2) is 3.69. The van der Waals surface area contributed by atoms with Crippen LogP contribution in [0.25, 0.3) is 0 Å². The van der Waals surface area contributed by atoms with Crippen LogP contribution in [0.2, 0.25) is 0 Å². The van der Waals surface area contributed by atoms with Crippen LogP contribution in [0.4, 0.5) is 0 Å². The first kappa shape index (κ1) is 8.42. The predicted molar refractivity (Wildman–Crippen MR) is 54.7 cm³/mol. The number of amidine groups is 1. The molecule has 0 saturated heterocycles. The van der Waals surface area contributed by atoms with Crippen LogP contribution in [0.3, 0.4) is 0 Å². The second-order valence-electron chi connectivity index (χ2n) is 3.63. The third-order valence-corrected chi connectivity index (χ3v) is 4.11. The summed E-state index contributed by atoms with van der Waals surface area (Å²) in [5.74, 6) is 2.06. The minimum absolute atomic E-state index is 0.547. The molecule has 0 aromatic rings. The third kappa shape index (κ3) is 1.76. The van der Waals surface area contributed by atoms with E-state index in [-0.39, 0.29) is 0 Å². The van der Waals surface area contributed by atoms with Gasteiger partial charge in [0, 0.05) is 17.4 Å². The van der Waals surface area contributed by atoms with Crippen LogP contribution < -0.4 is 5.73 Å². The molecule has 0 aromatic heterocycles. The molecule has 0 unspecified atom stereocenters. The lowest BCUT2D eigenvalue weighted by Crippen LogP contribution is -2.26. The highest BCUT2D eigenvalue weighted by Crippen LogP contribution is 2.32. The van der Waals surface area contributed by atoms with Crippen LogP contribution in [0, 0.1) is 0 Å². The minimum atomic E-state index is 0.547. The van der Waals surface area contributed by atoms with Gasteiger partial charge >= 0.3 is 0 Å². The predicted octanol–water partition coefficient (Wildman–Crippen LogP) is 1.79. The molecule has 12 heavy (non-hydrogen) atoms. The fourth-order valence-corrected chi connectivity index (χ4v) is 3.39. The van der Waals surface area contributed by atoms with Crippen LogP contribution in [0.5, 0.6) is 0 Å². The van der Waals surface area contributed by atoms with E-state index in [0.29, 0.717) is 6.04 Å². The van der Waals surface area contributed by atoms with Gasteiger partial charge in [0.1, 0.15) is 0 Å². The molecule has 0 aromatic carbocycles. The zero-order chi connectivity index (χ0) is 8.39. The van der Waals surface area contributed by atoms with Gasteiger partial charge in [0.05, 0.1) is 11.9 Å². The molecule has 0 bridgehead atoms. The summed E-state index contributed by atoms with van der Waals surface area (Å²) in [5, 5.41) is 0.778. The van der Waals surface area contributed by atoms with Crippen molar-refractivity contribution in [3.8, 4) is 0 Å². The van der Waals surface area contributed by atoms with Crippen molar-refractivity contribution in [2.45, 2.75) is 43.4 Å². The van der Waals surface area contributed by atoms with Crippen LogP contribution in [0.15, 0.2) is 4.99 Å². The van der Waals surface area contributed by atoms with Crippen molar-refractivity contribution in [3.05, 3.63) is 0 Å². The number of hydrogen-bond acceptors (Lipinski definition) is 3. The molecular formula is C9H16N2S. The summed E-state index contributed by atoms with van der Waals surface area (Å²) in [6.45, 7) is 0. The Hall–Kier alpha value is -0.180. The highest BCUT2D eigenvalue weighted by Gasteiger charge is 2.26. The van der Waals surface area contributed by atoms with Crippen molar-refractivity contribution in [1.29, 1.82) is 0 Å². The van der Waals surface area contributed by atoms with Gasteiger partial charge in [-0.15, -0.1) is 0 Å². The second-order valence-corrected chi connectivity index (χ2v) is 4.98. The summed E-state index contributed by atoms with van der Waals surface area (Å²) < 4.78 is 0. The number of thioether (sulfide) groups is 1. The Morgan fingerprint density at radius 1 is 1.33 bits per heavy atom. The number of aliphatic imine (C=N–C) groups is 1. The largest absolute Gasteiger partial charge is 0.387 e. The van der Waals surface area contributed by atoms with Crippen LogP contribution in [-0.4, -0.2) is 22.9 Å². The molecule has 3 heteroatoms. The quantitative estimate of drug-likeness (QED) is 0.623. The maximum atomic E-state index is 5.78.